The van der Waals surface area contributed by atoms with Crippen molar-refractivity contribution in [2.75, 3.05) is 24.3 Å². The van der Waals surface area contributed by atoms with Crippen molar-refractivity contribution in [3.05, 3.63) is 90.3 Å². The van der Waals surface area contributed by atoms with E-state index >= 15 is 0 Å². The Hall–Kier alpha value is -4.52. The molecule has 4 aromatic rings. The maximum atomic E-state index is 13.4. The fraction of sp³-hybridized carbons (Fsp3) is 0.214. The minimum Gasteiger partial charge on any atom is -0.494 e. The van der Waals surface area contributed by atoms with Crippen LogP contribution in [0.15, 0.2) is 84.0 Å². The second kappa shape index (κ2) is 13.7. The summed E-state index contributed by atoms with van der Waals surface area (Å²) >= 11 is 0.990. The second-order valence-electron chi connectivity index (χ2n) is 8.45. The van der Waals surface area contributed by atoms with Crippen LogP contribution < -0.4 is 20.1 Å². The van der Waals surface area contributed by atoms with Crippen molar-refractivity contribution in [1.29, 1.82) is 0 Å². The number of nitrogens with one attached hydrogen (secondary N) is 2. The van der Waals surface area contributed by atoms with Crippen LogP contribution in [0, 0.1) is 0 Å². The van der Waals surface area contributed by atoms with Gasteiger partial charge in [0.15, 0.2) is 17.6 Å². The zero-order valence-corrected chi connectivity index (χ0v) is 22.7. The smallest absolute Gasteiger partial charge is 0.416 e. The summed E-state index contributed by atoms with van der Waals surface area (Å²) in [5, 5.41) is 13.7. The van der Waals surface area contributed by atoms with E-state index in [1.54, 1.807) is 48.5 Å². The van der Waals surface area contributed by atoms with E-state index < -0.39 is 17.6 Å². The molecule has 0 radical (unpaired) electrons. The van der Waals surface area contributed by atoms with Gasteiger partial charge in [-0.05, 0) is 61.5 Å². The first-order valence-electron chi connectivity index (χ1n) is 12.4. The lowest BCUT2D eigenvalue weighted by molar-refractivity contribution is -0.137. The Kier molecular flexibility index (Phi) is 9.85. The molecule has 3 aromatic carbocycles. The number of nitrogens with zero attached hydrogens (tertiary/aromatic N) is 3. The van der Waals surface area contributed by atoms with Crippen molar-refractivity contribution < 1.29 is 32.2 Å². The van der Waals surface area contributed by atoms with Crippen molar-refractivity contribution in [3.63, 3.8) is 0 Å². The lowest BCUT2D eigenvalue weighted by atomic mass is 10.2. The Morgan fingerprint density at radius 3 is 2.34 bits per heavy atom. The number of alkyl halides is 3. The predicted octanol–water partition coefficient (Wildman–Crippen LogP) is 5.11. The summed E-state index contributed by atoms with van der Waals surface area (Å²) in [5.41, 5.74) is -0.178. The number of thioether (sulfide) groups is 1. The average molecular weight is 586 g/mol. The number of halogens is 3. The number of para-hydroxylation sites is 1. The van der Waals surface area contributed by atoms with E-state index in [4.69, 9.17) is 9.47 Å². The molecule has 214 valence electrons. The van der Waals surface area contributed by atoms with Gasteiger partial charge in [0.1, 0.15) is 11.5 Å². The molecule has 0 atom stereocenters. The van der Waals surface area contributed by atoms with Gasteiger partial charge in [-0.1, -0.05) is 36.0 Å². The number of hydrogen-bond acceptors (Lipinski definition) is 7. The van der Waals surface area contributed by atoms with Crippen LogP contribution in [0.3, 0.4) is 0 Å². The molecule has 2 amide bonds. The maximum absolute atomic E-state index is 13.4. The lowest BCUT2D eigenvalue weighted by Gasteiger charge is -2.14. The third-order valence-electron chi connectivity index (χ3n) is 5.47. The molecule has 0 bridgehead atoms. The molecule has 0 fully saturated rings. The van der Waals surface area contributed by atoms with Gasteiger partial charge in [-0.15, -0.1) is 10.2 Å². The average Bonchev–Trinajstić information content (AvgIpc) is 3.38. The van der Waals surface area contributed by atoms with Crippen molar-refractivity contribution in [3.8, 4) is 17.2 Å². The largest absolute Gasteiger partial charge is 0.494 e. The number of anilines is 1. The van der Waals surface area contributed by atoms with Crippen LogP contribution in [0.4, 0.5) is 18.9 Å². The fourth-order valence-corrected chi connectivity index (χ4v) is 4.38. The Morgan fingerprint density at radius 1 is 0.902 bits per heavy atom. The Bertz CT molecular complexity index is 1460. The Balaban J connectivity index is 1.47. The van der Waals surface area contributed by atoms with E-state index in [9.17, 15) is 22.8 Å². The second-order valence-corrected chi connectivity index (χ2v) is 9.40. The highest BCUT2D eigenvalue weighted by atomic mass is 32.2. The number of ether oxygens (including phenoxy) is 2. The highest BCUT2D eigenvalue weighted by Crippen LogP contribution is 2.32. The van der Waals surface area contributed by atoms with Gasteiger partial charge in [0.25, 0.3) is 5.91 Å². The maximum Gasteiger partial charge on any atom is 0.416 e. The molecule has 0 aliphatic rings. The minimum atomic E-state index is -4.57. The van der Waals surface area contributed by atoms with Gasteiger partial charge in [0.2, 0.25) is 5.91 Å². The molecule has 1 heterocycles. The Morgan fingerprint density at radius 2 is 1.63 bits per heavy atom. The van der Waals surface area contributed by atoms with E-state index in [0.29, 0.717) is 23.8 Å². The molecule has 13 heteroatoms. The highest BCUT2D eigenvalue weighted by molar-refractivity contribution is 7.99. The van der Waals surface area contributed by atoms with Gasteiger partial charge in [0.05, 0.1) is 30.2 Å². The summed E-state index contributed by atoms with van der Waals surface area (Å²) in [6.07, 6.45) is -4.57. The molecule has 0 aliphatic heterocycles. The van der Waals surface area contributed by atoms with E-state index in [1.807, 2.05) is 13.0 Å². The van der Waals surface area contributed by atoms with Crippen molar-refractivity contribution in [1.82, 2.24) is 20.1 Å². The first kappa shape index (κ1) is 29.5. The number of benzene rings is 3. The number of hydrogen-bond donors (Lipinski definition) is 2. The molecule has 0 saturated heterocycles. The molecule has 0 spiro atoms. The van der Waals surface area contributed by atoms with Gasteiger partial charge >= 0.3 is 6.18 Å². The molecule has 9 nitrogen and oxygen atoms in total. The highest BCUT2D eigenvalue weighted by Gasteiger charge is 2.31. The van der Waals surface area contributed by atoms with Crippen LogP contribution in [0.1, 0.15) is 18.3 Å². The zero-order chi connectivity index (χ0) is 29.2. The summed E-state index contributed by atoms with van der Waals surface area (Å²) in [7, 11) is 0. The molecule has 0 unspecified atom stereocenters. The van der Waals surface area contributed by atoms with Crippen LogP contribution in [0.2, 0.25) is 0 Å². The van der Waals surface area contributed by atoms with Gasteiger partial charge < -0.3 is 20.1 Å². The van der Waals surface area contributed by atoms with Gasteiger partial charge in [-0.25, -0.2) is 0 Å². The minimum absolute atomic E-state index is 0.0957. The standard InChI is InChI=1S/C28H26F3N5O4S/c1-2-39-23-13-11-20(12-14-23)33-26(38)18-41-27-35-34-24(16-32-25(37)17-40-22-9-4-3-5-10-22)36(27)21-8-6-7-19(15-21)28(29,30)31/h3-15H,2,16-18H2,1H3,(H,32,37)(H,33,38). The van der Waals surface area contributed by atoms with Gasteiger partial charge in [-0.2, -0.15) is 13.2 Å². The van der Waals surface area contributed by atoms with Crippen LogP contribution in [0.5, 0.6) is 11.5 Å². The SMILES string of the molecule is CCOc1ccc(NC(=O)CSc2nnc(CNC(=O)COc3ccccc3)n2-c2cccc(C(F)(F)F)c2)cc1. The molecule has 0 aliphatic carbocycles. The molecule has 2 N–H and O–H groups in total. The third-order valence-corrected chi connectivity index (χ3v) is 6.40. The fourth-order valence-electron chi connectivity index (χ4n) is 3.61. The molecular weight excluding hydrogens is 559 g/mol. The molecule has 41 heavy (non-hydrogen) atoms. The van der Waals surface area contributed by atoms with Crippen molar-refractivity contribution in [2.45, 2.75) is 24.8 Å². The first-order chi connectivity index (χ1) is 19.7. The van der Waals surface area contributed by atoms with Crippen LogP contribution in [-0.4, -0.2) is 45.5 Å². The molecule has 4 rings (SSSR count). The van der Waals surface area contributed by atoms with Crippen LogP contribution >= 0.6 is 11.8 Å². The number of carbonyl (C=O) groups excluding carboxylic acids is 2. The summed E-state index contributed by atoms with van der Waals surface area (Å²) in [5.74, 6) is 0.438. The predicted molar refractivity (Wildman–Crippen MR) is 147 cm³/mol. The number of rotatable bonds is 12. The molecule has 0 saturated carbocycles. The topological polar surface area (TPSA) is 107 Å². The quantitative estimate of drug-likeness (QED) is 0.223. The van der Waals surface area contributed by atoms with Crippen molar-refractivity contribution in [2.24, 2.45) is 0 Å². The van der Waals surface area contributed by atoms with Gasteiger partial charge in [-0.3, -0.25) is 14.2 Å². The van der Waals surface area contributed by atoms with Crippen LogP contribution in [0.25, 0.3) is 5.69 Å². The van der Waals surface area contributed by atoms with E-state index in [-0.39, 0.29) is 41.5 Å². The molecular formula is C28H26F3N5O4S. The number of carbonyl (C=O) groups is 2. The number of aromatic nitrogens is 3. The monoisotopic (exact) mass is 585 g/mol. The summed E-state index contributed by atoms with van der Waals surface area (Å²) in [6, 6.07) is 20.2. The zero-order valence-electron chi connectivity index (χ0n) is 21.9. The summed E-state index contributed by atoms with van der Waals surface area (Å²) in [4.78, 5) is 25.0. The summed E-state index contributed by atoms with van der Waals surface area (Å²) in [6.45, 7) is 1.97. The lowest BCUT2D eigenvalue weighted by Crippen LogP contribution is -2.29. The van der Waals surface area contributed by atoms with E-state index in [1.165, 1.54) is 16.7 Å². The van der Waals surface area contributed by atoms with Crippen LogP contribution in [-0.2, 0) is 22.3 Å². The van der Waals surface area contributed by atoms with E-state index in [0.717, 1.165) is 23.9 Å². The molecule has 1 aromatic heterocycles. The Labute approximate surface area is 238 Å². The third kappa shape index (κ3) is 8.48. The van der Waals surface area contributed by atoms with Crippen molar-refractivity contribution >= 4 is 29.3 Å². The van der Waals surface area contributed by atoms with Gasteiger partial charge in [0, 0.05) is 5.69 Å². The summed E-state index contributed by atoms with van der Waals surface area (Å²) < 4.78 is 52.5. The number of amides is 2. The normalized spacial score (nSPS) is 11.1. The first-order valence-corrected chi connectivity index (χ1v) is 13.4. The van der Waals surface area contributed by atoms with E-state index in [2.05, 4.69) is 20.8 Å².